The van der Waals surface area contributed by atoms with E-state index in [4.69, 9.17) is 70.9 Å². The van der Waals surface area contributed by atoms with Crippen molar-refractivity contribution < 1.29 is 73.4 Å². The zero-order valence-corrected chi connectivity index (χ0v) is 55.0. The number of aryl methyl sites for hydroxylation is 4. The molecule has 21 nitrogen and oxygen atoms in total. The number of aromatic nitrogens is 1. The molecule has 0 radical (unpaired) electrons. The van der Waals surface area contributed by atoms with Crippen molar-refractivity contribution in [2.45, 2.75) is 67.0 Å². The summed E-state index contributed by atoms with van der Waals surface area (Å²) in [5.41, 5.74) is -0.444. The van der Waals surface area contributed by atoms with E-state index in [1.165, 1.54) is 51.5 Å². The number of alkyl halides is 3. The van der Waals surface area contributed by atoms with E-state index in [9.17, 15) is 46.8 Å². The molecule has 5 aromatic heterocycles. The molecule has 4 amide bonds. The molecule has 0 fully saturated rings. The topological polar surface area (TPSA) is 322 Å². The maximum atomic E-state index is 13.4. The highest BCUT2D eigenvalue weighted by Gasteiger charge is 2.31. The molecular weight excluding hydrogens is 1360 g/mol. The summed E-state index contributed by atoms with van der Waals surface area (Å²) in [6.07, 6.45) is 0.418. The molecule has 0 aliphatic rings. The summed E-state index contributed by atoms with van der Waals surface area (Å²) in [4.78, 5) is 63.7. The van der Waals surface area contributed by atoms with Crippen LogP contribution in [0.25, 0.3) is 24.3 Å². The van der Waals surface area contributed by atoms with Gasteiger partial charge in [-0.15, -0.1) is 0 Å². The molecule has 0 saturated heterocycles. The first-order valence-electron chi connectivity index (χ1n) is 27.9. The summed E-state index contributed by atoms with van der Waals surface area (Å²) in [7, 11) is 2.80. The van der Waals surface area contributed by atoms with Gasteiger partial charge in [0, 0.05) is 6.92 Å². The number of furan rings is 4. The number of hydrogen-bond acceptors (Lipinski definition) is 17. The molecule has 0 atom stereocenters. The minimum atomic E-state index is -4.74. The quantitative estimate of drug-likeness (QED) is 0.0146. The lowest BCUT2D eigenvalue weighted by Gasteiger charge is -2.13. The molecule has 0 unspecified atom stereocenters. The van der Waals surface area contributed by atoms with Crippen molar-refractivity contribution >= 4 is 93.0 Å². The summed E-state index contributed by atoms with van der Waals surface area (Å²) < 4.78 is 89.0. The number of amides is 4. The lowest BCUT2D eigenvalue weighted by Crippen LogP contribution is -2.23. The van der Waals surface area contributed by atoms with E-state index in [1.54, 1.807) is 98.8 Å². The highest BCUT2D eigenvalue weighted by atomic mass is 79.9. The molecule has 4 N–H and O–H groups in total. The standard InChI is InChI=1S/C20H20N2O6.C17H12F4N2O2.C16H12Cl2N2O2.C15H12BrN3O2/c1-12-5-6-16(27-12)11-22-20(24)15(10-21)7-14-8-17(25-3)19(28-13(2)23)18(9-14)26-4;1-10-2-3-15(25-10)9-23-16(24)12(8-22)4-11-5-13(17(19,20)21)7-14(18)6-11;1-10-2-4-13(22-10)9-20-16(21)12(8-19)6-11-3-5-14(17)15(18)7-11;1-10-5-6-13(21-10)9-18-15(20)11(8-17)7-12-3-2-4-14(16)19-12/h5-9H,11H2,1-4H3,(H,22,24);2-7H,9H2,1H3,(H,23,24);2-7H,9H2,1H3,(H,20,21);2-7H,9H2,1H3,(H,18,20)/b15-7+;12-4+;12-6+;11-7+. The Morgan fingerprint density at radius 1 is 0.531 bits per heavy atom. The number of pyridine rings is 1. The number of nitrogens with one attached hydrogen (secondary N) is 4. The molecule has 8 rings (SSSR count). The Labute approximate surface area is 565 Å². The van der Waals surface area contributed by atoms with Gasteiger partial charge in [0.25, 0.3) is 23.6 Å². The molecule has 0 spiro atoms. The second-order valence-corrected chi connectivity index (χ2v) is 21.3. The molecule has 3 aromatic carbocycles. The van der Waals surface area contributed by atoms with Gasteiger partial charge >= 0.3 is 12.1 Å². The molecular formula is C68H56BrCl2F4N9O12. The van der Waals surface area contributed by atoms with Gasteiger partial charge in [-0.25, -0.2) is 9.37 Å². The third-order valence-corrected chi connectivity index (χ3v) is 13.4. The fourth-order valence-corrected chi connectivity index (χ4v) is 8.47. The Balaban J connectivity index is 0.000000233. The van der Waals surface area contributed by atoms with Crippen molar-refractivity contribution in [3.8, 4) is 41.5 Å². The first kappa shape index (κ1) is 75.3. The van der Waals surface area contributed by atoms with Crippen LogP contribution < -0.4 is 35.5 Å². The first-order chi connectivity index (χ1) is 45.6. The van der Waals surface area contributed by atoms with Gasteiger partial charge in [0.15, 0.2) is 11.5 Å². The summed E-state index contributed by atoms with van der Waals surface area (Å²) in [6.45, 7) is 9.02. The van der Waals surface area contributed by atoms with Crippen LogP contribution in [0.2, 0.25) is 10.0 Å². The predicted molar refractivity (Wildman–Crippen MR) is 346 cm³/mol. The molecule has 5 heterocycles. The Hall–Kier alpha value is -11.4. The maximum absolute atomic E-state index is 13.4. The molecule has 0 aliphatic carbocycles. The molecule has 494 valence electrons. The number of nitriles is 4. The number of rotatable bonds is 19. The average Bonchev–Trinajstić information content (AvgIpc) is 1.14. The monoisotopic (exact) mass is 1420 g/mol. The van der Waals surface area contributed by atoms with E-state index < -0.39 is 52.7 Å². The van der Waals surface area contributed by atoms with Crippen LogP contribution in [-0.2, 0) is 56.3 Å². The molecule has 28 heteroatoms. The Bertz CT molecular complexity index is 4420. The van der Waals surface area contributed by atoms with Gasteiger partial charge in [-0.05, 0) is 188 Å². The van der Waals surface area contributed by atoms with Crippen molar-refractivity contribution in [3.63, 3.8) is 0 Å². The van der Waals surface area contributed by atoms with Crippen molar-refractivity contribution in [1.29, 1.82) is 21.0 Å². The lowest BCUT2D eigenvalue weighted by atomic mass is 10.1. The van der Waals surface area contributed by atoms with Crippen molar-refractivity contribution in [1.82, 2.24) is 26.3 Å². The van der Waals surface area contributed by atoms with Crippen LogP contribution in [0.15, 0.2) is 160 Å². The number of benzene rings is 3. The van der Waals surface area contributed by atoms with Gasteiger partial charge in [-0.3, -0.25) is 24.0 Å². The Morgan fingerprint density at radius 3 is 1.25 bits per heavy atom. The zero-order chi connectivity index (χ0) is 70.6. The third-order valence-electron chi connectivity index (χ3n) is 12.2. The highest BCUT2D eigenvalue weighted by molar-refractivity contribution is 9.10. The first-order valence-corrected chi connectivity index (χ1v) is 29.4. The number of nitrogens with zero attached hydrogens (tertiary/aromatic N) is 5. The Kier molecular flexibility index (Phi) is 28.8. The number of methoxy groups -OCH3 is 2. The second-order valence-electron chi connectivity index (χ2n) is 19.6. The molecule has 0 bridgehead atoms. The Morgan fingerprint density at radius 2 is 0.917 bits per heavy atom. The minimum absolute atomic E-state index is 0.00262. The van der Waals surface area contributed by atoms with Gasteiger partial charge in [-0.2, -0.15) is 34.2 Å². The zero-order valence-electron chi connectivity index (χ0n) is 51.9. The van der Waals surface area contributed by atoms with Gasteiger partial charge in [-0.1, -0.05) is 35.3 Å². The van der Waals surface area contributed by atoms with E-state index in [2.05, 4.69) is 42.2 Å². The van der Waals surface area contributed by atoms with Crippen LogP contribution in [0, 0.1) is 78.8 Å². The number of halogens is 7. The van der Waals surface area contributed by atoms with Crippen LogP contribution in [0.4, 0.5) is 17.6 Å². The van der Waals surface area contributed by atoms with Gasteiger partial charge in [0.2, 0.25) is 5.75 Å². The maximum Gasteiger partial charge on any atom is 0.416 e. The van der Waals surface area contributed by atoms with Crippen LogP contribution in [0.5, 0.6) is 17.2 Å². The second kappa shape index (κ2) is 36.7. The summed E-state index contributed by atoms with van der Waals surface area (Å²) in [6, 6.07) is 36.2. The fourth-order valence-electron chi connectivity index (χ4n) is 7.81. The van der Waals surface area contributed by atoms with Crippen molar-refractivity contribution in [2.24, 2.45) is 0 Å². The molecule has 8 aromatic rings. The summed E-state index contributed by atoms with van der Waals surface area (Å²) >= 11 is 15.0. The number of esters is 1. The van der Waals surface area contributed by atoms with Crippen LogP contribution >= 0.6 is 39.1 Å². The van der Waals surface area contributed by atoms with Crippen LogP contribution in [-0.4, -0.2) is 48.8 Å². The lowest BCUT2D eigenvalue weighted by molar-refractivity contribution is -0.138. The van der Waals surface area contributed by atoms with E-state index in [0.29, 0.717) is 72.4 Å². The summed E-state index contributed by atoms with van der Waals surface area (Å²) in [5.74, 6) is 1.79. The smallest absolute Gasteiger partial charge is 0.416 e. The van der Waals surface area contributed by atoms with E-state index >= 15 is 0 Å². The van der Waals surface area contributed by atoms with Gasteiger partial charge in [0.1, 0.15) is 103 Å². The average molecular weight is 1420 g/mol. The SMILES string of the molecule is COc1cc(/C=C(\C#N)C(=O)NCc2ccc(C)o2)cc(OC)c1OC(C)=O.Cc1ccc(CNC(=O)/C(C#N)=C/c2cc(F)cc(C(F)(F)F)c2)o1.Cc1ccc(CNC(=O)/C(C#N)=C/c2ccc(Cl)c(Cl)c2)o1.Cc1ccc(CNC(=O)/C(C#N)=C/c2cccc(Br)n2)o1. The molecule has 0 saturated carbocycles. The number of ether oxygens (including phenoxy) is 3. The van der Waals surface area contributed by atoms with E-state index in [0.717, 1.165) is 29.4 Å². The number of carbonyl (C=O) groups is 5. The largest absolute Gasteiger partial charge is 0.493 e. The molecule has 0 aliphatic heterocycles. The van der Waals surface area contributed by atoms with E-state index in [-0.39, 0.29) is 65.7 Å². The third kappa shape index (κ3) is 24.6. The highest BCUT2D eigenvalue weighted by Crippen LogP contribution is 2.39. The van der Waals surface area contributed by atoms with Crippen LogP contribution in [0.3, 0.4) is 0 Å². The van der Waals surface area contributed by atoms with Crippen molar-refractivity contribution in [2.75, 3.05) is 14.2 Å². The molecule has 96 heavy (non-hydrogen) atoms. The van der Waals surface area contributed by atoms with Crippen LogP contribution in [0.1, 0.15) is 81.0 Å². The normalized spacial score (nSPS) is 11.2. The summed E-state index contributed by atoms with van der Waals surface area (Å²) in [5, 5.41) is 47.7. The van der Waals surface area contributed by atoms with Crippen molar-refractivity contribution in [3.05, 3.63) is 232 Å². The minimum Gasteiger partial charge on any atom is -0.493 e. The van der Waals surface area contributed by atoms with Gasteiger partial charge < -0.3 is 53.1 Å². The predicted octanol–water partition coefficient (Wildman–Crippen LogP) is 13.8. The number of hydrogen-bond donors (Lipinski definition) is 4. The van der Waals surface area contributed by atoms with E-state index in [1.807, 2.05) is 38.1 Å². The fraction of sp³-hybridized carbons (Fsp3) is 0.176. The van der Waals surface area contributed by atoms with Gasteiger partial charge in [0.05, 0.1) is 61.7 Å². The number of carbonyl (C=O) groups excluding carboxylic acids is 5.